The molecule has 0 aliphatic rings. The lowest BCUT2D eigenvalue weighted by Gasteiger charge is -1.84. The lowest BCUT2D eigenvalue weighted by atomic mass is 10.2. The smallest absolute Gasteiger partial charge is 0.124 e. The lowest BCUT2D eigenvalue weighted by Crippen LogP contribution is -1.55. The van der Waals surface area contributed by atoms with Gasteiger partial charge in [-0.05, 0) is 79.5 Å². The molecule has 0 atom stereocenters. The molecule has 0 aliphatic carbocycles. The maximum Gasteiger partial charge on any atom is 0.124 e. The molecule has 0 aliphatic heterocycles. The molecular formula is C16H6F2. The van der Waals surface area contributed by atoms with Crippen molar-refractivity contribution in [3.63, 3.8) is 0 Å². The van der Waals surface area contributed by atoms with Crippen LogP contribution in [0.2, 0.25) is 0 Å². The Kier molecular flexibility index (Phi) is 1.20. The molecule has 5 aromatic carbocycles. The van der Waals surface area contributed by atoms with E-state index >= 15 is 0 Å². The quantitative estimate of drug-likeness (QED) is 0.359. The second-order valence-electron chi connectivity index (χ2n) is 4.95. The number of fused-ring (bicyclic) bond motifs is 8. The van der Waals surface area contributed by atoms with Crippen molar-refractivity contribution in [2.75, 3.05) is 0 Å². The maximum atomic E-state index is 13.4. The Morgan fingerprint density at radius 2 is 0.611 bits per heavy atom. The molecule has 0 fully saturated rings. The minimum atomic E-state index is -0.202. The predicted molar refractivity (Wildman–Crippen MR) is 69.9 cm³/mol. The Balaban J connectivity index is 2.17. The molecule has 0 amide bonds. The zero-order chi connectivity index (χ0) is 12.0. The molecule has 0 spiro atoms. The van der Waals surface area contributed by atoms with E-state index in [0.717, 1.165) is 43.1 Å². The van der Waals surface area contributed by atoms with Gasteiger partial charge in [0, 0.05) is 0 Å². The molecule has 0 saturated heterocycles. The standard InChI is InChI=1S/C16H6F2/c17-7-1-9-10(2-7)14-6-16(14)12-4-8(18)3-11(12)15-5-13(9)15/h1-6H. The normalized spacial score (nSPS) is 13.0. The van der Waals surface area contributed by atoms with Crippen molar-refractivity contribution in [3.05, 3.63) is 48.0 Å². The van der Waals surface area contributed by atoms with Crippen LogP contribution in [0.1, 0.15) is 0 Å². The summed E-state index contributed by atoms with van der Waals surface area (Å²) in [5.74, 6) is -0.404. The van der Waals surface area contributed by atoms with Crippen molar-refractivity contribution < 1.29 is 8.78 Å². The summed E-state index contributed by atoms with van der Waals surface area (Å²) >= 11 is 0. The second kappa shape index (κ2) is 2.46. The van der Waals surface area contributed by atoms with E-state index in [1.165, 1.54) is 0 Å². The average molecular weight is 236 g/mol. The van der Waals surface area contributed by atoms with Crippen molar-refractivity contribution in [3.8, 4) is 0 Å². The highest BCUT2D eigenvalue weighted by atomic mass is 19.1. The maximum absolute atomic E-state index is 13.4. The van der Waals surface area contributed by atoms with E-state index in [4.69, 9.17) is 0 Å². The molecule has 0 aromatic heterocycles. The molecule has 84 valence electrons. The van der Waals surface area contributed by atoms with Crippen LogP contribution >= 0.6 is 0 Å². The fraction of sp³-hybridized carbons (Fsp3) is 0. The summed E-state index contributed by atoms with van der Waals surface area (Å²) in [6.07, 6.45) is 0. The van der Waals surface area contributed by atoms with Gasteiger partial charge in [-0.2, -0.15) is 0 Å². The molecule has 2 heteroatoms. The fourth-order valence-electron chi connectivity index (χ4n) is 2.95. The molecule has 5 aromatic rings. The van der Waals surface area contributed by atoms with E-state index in [-0.39, 0.29) is 11.6 Å². The molecule has 0 N–H and O–H groups in total. The molecule has 0 unspecified atom stereocenters. The van der Waals surface area contributed by atoms with E-state index in [2.05, 4.69) is 0 Å². The van der Waals surface area contributed by atoms with E-state index in [1.807, 2.05) is 12.1 Å². The fourth-order valence-corrected chi connectivity index (χ4v) is 2.95. The number of hydrogen-bond acceptors (Lipinski definition) is 0. The topological polar surface area (TPSA) is 0 Å². The van der Waals surface area contributed by atoms with Gasteiger partial charge in [-0.25, -0.2) is 8.78 Å². The Morgan fingerprint density at radius 3 is 0.889 bits per heavy atom. The minimum Gasteiger partial charge on any atom is -0.207 e. The van der Waals surface area contributed by atoms with Crippen LogP contribution in [-0.4, -0.2) is 0 Å². The van der Waals surface area contributed by atoms with Crippen molar-refractivity contribution in [2.45, 2.75) is 0 Å². The van der Waals surface area contributed by atoms with E-state index < -0.39 is 0 Å². The van der Waals surface area contributed by atoms with Gasteiger partial charge in [0.05, 0.1) is 0 Å². The van der Waals surface area contributed by atoms with Crippen LogP contribution in [0.4, 0.5) is 8.78 Å². The summed E-state index contributed by atoms with van der Waals surface area (Å²) in [6.45, 7) is 0. The largest absolute Gasteiger partial charge is 0.207 e. The first-order chi connectivity index (χ1) is 8.72. The lowest BCUT2D eigenvalue weighted by molar-refractivity contribution is 0.633. The van der Waals surface area contributed by atoms with Crippen molar-refractivity contribution >= 4 is 43.1 Å². The first-order valence-corrected chi connectivity index (χ1v) is 5.84. The van der Waals surface area contributed by atoms with Crippen molar-refractivity contribution in [1.82, 2.24) is 0 Å². The molecule has 0 heterocycles. The second-order valence-corrected chi connectivity index (χ2v) is 4.95. The van der Waals surface area contributed by atoms with Crippen molar-refractivity contribution in [2.24, 2.45) is 0 Å². The van der Waals surface area contributed by atoms with E-state index in [9.17, 15) is 8.78 Å². The summed E-state index contributed by atoms with van der Waals surface area (Å²) in [6, 6.07) is 10.3. The van der Waals surface area contributed by atoms with Gasteiger partial charge in [-0.15, -0.1) is 0 Å². The van der Waals surface area contributed by atoms with Crippen LogP contribution < -0.4 is 0 Å². The first-order valence-electron chi connectivity index (χ1n) is 5.84. The van der Waals surface area contributed by atoms with Gasteiger partial charge in [-0.3, -0.25) is 0 Å². The molecule has 0 nitrogen and oxygen atoms in total. The van der Waals surface area contributed by atoms with Gasteiger partial charge < -0.3 is 0 Å². The number of rotatable bonds is 0. The van der Waals surface area contributed by atoms with E-state index in [1.54, 1.807) is 24.3 Å². The van der Waals surface area contributed by atoms with Crippen LogP contribution in [0.5, 0.6) is 0 Å². The van der Waals surface area contributed by atoms with Gasteiger partial charge in [-0.1, -0.05) is 0 Å². The summed E-state index contributed by atoms with van der Waals surface area (Å²) in [5.41, 5.74) is 0. The third-order valence-electron chi connectivity index (χ3n) is 3.86. The SMILES string of the molecule is Fc1cc2c(c1)c1cc1c1cc(F)cc1c1cc21. The molecule has 18 heavy (non-hydrogen) atoms. The molecule has 0 radical (unpaired) electrons. The van der Waals surface area contributed by atoms with Gasteiger partial charge >= 0.3 is 0 Å². The summed E-state index contributed by atoms with van der Waals surface area (Å²) in [4.78, 5) is 0. The van der Waals surface area contributed by atoms with Crippen LogP contribution in [0.15, 0.2) is 36.4 Å². The molecule has 0 bridgehead atoms. The van der Waals surface area contributed by atoms with Gasteiger partial charge in [0.2, 0.25) is 0 Å². The first kappa shape index (κ1) is 8.81. The number of halogens is 2. The molecule has 5 rings (SSSR count). The van der Waals surface area contributed by atoms with Gasteiger partial charge in [0.1, 0.15) is 11.6 Å². The van der Waals surface area contributed by atoms with Crippen molar-refractivity contribution in [1.29, 1.82) is 0 Å². The molecule has 0 saturated carbocycles. The Bertz CT molecular complexity index is 869. The highest BCUT2D eigenvalue weighted by Crippen LogP contribution is 2.45. The Morgan fingerprint density at radius 1 is 0.389 bits per heavy atom. The zero-order valence-electron chi connectivity index (χ0n) is 9.22. The van der Waals surface area contributed by atoms with Gasteiger partial charge in [0.15, 0.2) is 0 Å². The average Bonchev–Trinajstić information content (AvgIpc) is 3.22. The van der Waals surface area contributed by atoms with Crippen LogP contribution in [-0.2, 0) is 0 Å². The minimum absolute atomic E-state index is 0.202. The van der Waals surface area contributed by atoms with E-state index in [0.29, 0.717) is 0 Å². The van der Waals surface area contributed by atoms with Gasteiger partial charge in [0.25, 0.3) is 0 Å². The summed E-state index contributed by atoms with van der Waals surface area (Å²) in [5, 5.41) is 7.96. The summed E-state index contributed by atoms with van der Waals surface area (Å²) < 4.78 is 26.8. The predicted octanol–water partition coefficient (Wildman–Crippen LogP) is 4.89. The highest BCUT2D eigenvalue weighted by Gasteiger charge is 2.18. The zero-order valence-corrected chi connectivity index (χ0v) is 9.22. The third-order valence-corrected chi connectivity index (χ3v) is 3.86. The molecular weight excluding hydrogens is 230 g/mol. The summed E-state index contributed by atoms with van der Waals surface area (Å²) in [7, 11) is 0. The Hall–Kier alpha value is -2.22. The highest BCUT2D eigenvalue weighted by molar-refractivity contribution is 6.35. The number of hydrogen-bond donors (Lipinski definition) is 0. The van der Waals surface area contributed by atoms with Crippen LogP contribution in [0, 0.1) is 11.6 Å². The third kappa shape index (κ3) is 0.908. The van der Waals surface area contributed by atoms with Crippen LogP contribution in [0.25, 0.3) is 43.1 Å². The monoisotopic (exact) mass is 236 g/mol. The van der Waals surface area contributed by atoms with Crippen LogP contribution in [0.3, 0.4) is 0 Å². The Labute approximate surface area is 100 Å².